The molecule has 2 heterocycles. The lowest BCUT2D eigenvalue weighted by molar-refractivity contribution is 0.618. The molecule has 2 aromatic heterocycles. The van der Waals surface area contributed by atoms with Gasteiger partial charge in [0.15, 0.2) is 0 Å². The third-order valence-electron chi connectivity index (χ3n) is 3.01. The topological polar surface area (TPSA) is 80.5 Å². The second-order valence-corrected chi connectivity index (χ2v) is 4.46. The number of nitrogens with one attached hydrogen (secondary N) is 1. The van der Waals surface area contributed by atoms with Crippen molar-refractivity contribution in [2.75, 3.05) is 5.73 Å². The van der Waals surface area contributed by atoms with Gasteiger partial charge in [0.05, 0.1) is 0 Å². The molecule has 3 rings (SSSR count). The number of nitrogen functional groups attached to an aromatic ring is 1. The van der Waals surface area contributed by atoms with E-state index in [4.69, 9.17) is 5.73 Å². The summed E-state index contributed by atoms with van der Waals surface area (Å²) in [6.07, 6.45) is 0.608. The number of aryl methyl sites for hydroxylation is 1. The number of nitrogens with two attached hydrogens (primary N) is 1. The Morgan fingerprint density at radius 2 is 2.11 bits per heavy atom. The minimum absolute atomic E-state index is 0.204. The lowest BCUT2D eigenvalue weighted by atomic mass is 10.0. The number of aromatic amines is 1. The third kappa shape index (κ3) is 2.12. The third-order valence-corrected chi connectivity index (χ3v) is 3.01. The standard InChI is InChI=1S/C13H12FN5/c1-7-4-8(2-3-10(7)14)5-9-6-11(15)16-13-12(9)17-19-18-13/h2-4,6H,5H2,1H3,(H3,15,16,17,18,19). The number of rotatable bonds is 2. The first-order valence-corrected chi connectivity index (χ1v) is 5.84. The summed E-state index contributed by atoms with van der Waals surface area (Å²) in [5, 5.41) is 10.5. The molecular formula is C13H12FN5. The van der Waals surface area contributed by atoms with Crippen LogP contribution in [-0.2, 0) is 6.42 Å². The van der Waals surface area contributed by atoms with Gasteiger partial charge in [0, 0.05) is 0 Å². The van der Waals surface area contributed by atoms with Gasteiger partial charge in [0.2, 0.25) is 5.65 Å². The molecule has 0 aliphatic rings. The number of fused-ring (bicyclic) bond motifs is 1. The van der Waals surface area contributed by atoms with Crippen molar-refractivity contribution in [1.82, 2.24) is 20.4 Å². The molecule has 0 fully saturated rings. The van der Waals surface area contributed by atoms with Crippen molar-refractivity contribution < 1.29 is 4.39 Å². The van der Waals surface area contributed by atoms with Gasteiger partial charge in [-0.25, -0.2) is 9.37 Å². The van der Waals surface area contributed by atoms with E-state index in [0.717, 1.165) is 11.1 Å². The van der Waals surface area contributed by atoms with E-state index in [2.05, 4.69) is 20.4 Å². The molecule has 1 aromatic carbocycles. The Bertz CT molecular complexity index is 750. The van der Waals surface area contributed by atoms with Crippen LogP contribution in [0.5, 0.6) is 0 Å². The van der Waals surface area contributed by atoms with Gasteiger partial charge in [-0.15, -0.1) is 5.10 Å². The van der Waals surface area contributed by atoms with Gasteiger partial charge in [-0.3, -0.25) is 0 Å². The van der Waals surface area contributed by atoms with Crippen LogP contribution in [0.15, 0.2) is 24.3 Å². The lowest BCUT2D eigenvalue weighted by Gasteiger charge is -2.05. The fourth-order valence-corrected chi connectivity index (χ4v) is 2.09. The molecule has 0 spiro atoms. The molecule has 5 nitrogen and oxygen atoms in total. The molecule has 0 unspecified atom stereocenters. The maximum absolute atomic E-state index is 13.2. The summed E-state index contributed by atoms with van der Waals surface area (Å²) in [5.41, 5.74) is 9.46. The van der Waals surface area contributed by atoms with Gasteiger partial charge < -0.3 is 5.73 Å². The number of aromatic nitrogens is 4. The van der Waals surface area contributed by atoms with Crippen LogP contribution in [-0.4, -0.2) is 20.4 Å². The van der Waals surface area contributed by atoms with Crippen LogP contribution in [0.25, 0.3) is 11.2 Å². The molecule has 0 aliphatic carbocycles. The lowest BCUT2D eigenvalue weighted by Crippen LogP contribution is -1.97. The van der Waals surface area contributed by atoms with Gasteiger partial charge >= 0.3 is 0 Å². The molecule has 0 aliphatic heterocycles. The first kappa shape index (κ1) is 11.6. The van der Waals surface area contributed by atoms with Crippen molar-refractivity contribution in [3.63, 3.8) is 0 Å². The van der Waals surface area contributed by atoms with Crippen LogP contribution in [0.1, 0.15) is 16.7 Å². The summed E-state index contributed by atoms with van der Waals surface area (Å²) in [5.74, 6) is 0.194. The number of anilines is 1. The average Bonchev–Trinajstić information content (AvgIpc) is 2.82. The van der Waals surface area contributed by atoms with Crippen molar-refractivity contribution >= 4 is 17.0 Å². The number of H-pyrrole nitrogens is 1. The second kappa shape index (κ2) is 4.31. The highest BCUT2D eigenvalue weighted by Gasteiger charge is 2.09. The van der Waals surface area contributed by atoms with Crippen LogP contribution in [0.4, 0.5) is 10.2 Å². The smallest absolute Gasteiger partial charge is 0.203 e. The van der Waals surface area contributed by atoms with Gasteiger partial charge in [0.25, 0.3) is 0 Å². The molecule has 3 aromatic rings. The van der Waals surface area contributed by atoms with E-state index in [9.17, 15) is 4.39 Å². The zero-order valence-corrected chi connectivity index (χ0v) is 10.3. The van der Waals surface area contributed by atoms with E-state index in [1.165, 1.54) is 6.07 Å². The van der Waals surface area contributed by atoms with Crippen molar-refractivity contribution in [1.29, 1.82) is 0 Å². The highest BCUT2D eigenvalue weighted by atomic mass is 19.1. The van der Waals surface area contributed by atoms with Gasteiger partial charge in [-0.05, 0) is 42.2 Å². The van der Waals surface area contributed by atoms with Crippen molar-refractivity contribution in [2.45, 2.75) is 13.3 Å². The van der Waals surface area contributed by atoms with Crippen LogP contribution < -0.4 is 5.73 Å². The minimum atomic E-state index is -0.204. The number of hydrogen-bond acceptors (Lipinski definition) is 4. The van der Waals surface area contributed by atoms with Gasteiger partial charge in [0.1, 0.15) is 17.2 Å². The van der Waals surface area contributed by atoms with E-state index < -0.39 is 0 Å². The summed E-state index contributed by atoms with van der Waals surface area (Å²) >= 11 is 0. The van der Waals surface area contributed by atoms with Crippen LogP contribution in [0, 0.1) is 12.7 Å². The summed E-state index contributed by atoms with van der Waals surface area (Å²) in [6, 6.07) is 6.81. The maximum atomic E-state index is 13.2. The fraction of sp³-hybridized carbons (Fsp3) is 0.154. The molecule has 0 saturated carbocycles. The number of hydrogen-bond donors (Lipinski definition) is 2. The molecule has 0 amide bonds. The number of halogens is 1. The number of nitrogens with zero attached hydrogens (tertiary/aromatic N) is 3. The molecule has 96 valence electrons. The summed E-state index contributed by atoms with van der Waals surface area (Å²) < 4.78 is 13.2. The Kier molecular flexibility index (Phi) is 2.63. The predicted molar refractivity (Wildman–Crippen MR) is 70.0 cm³/mol. The Morgan fingerprint density at radius 3 is 2.89 bits per heavy atom. The summed E-state index contributed by atoms with van der Waals surface area (Å²) in [4.78, 5) is 4.08. The molecule has 0 radical (unpaired) electrons. The quantitative estimate of drug-likeness (QED) is 0.735. The Morgan fingerprint density at radius 1 is 1.26 bits per heavy atom. The SMILES string of the molecule is Cc1cc(Cc2cc(N)nc3n[nH]nc23)ccc1F. The Hall–Kier alpha value is -2.50. The molecule has 19 heavy (non-hydrogen) atoms. The Balaban J connectivity index is 2.04. The largest absolute Gasteiger partial charge is 0.384 e. The number of benzene rings is 1. The van der Waals surface area contributed by atoms with Crippen LogP contribution in [0.2, 0.25) is 0 Å². The highest BCUT2D eigenvalue weighted by Crippen LogP contribution is 2.20. The maximum Gasteiger partial charge on any atom is 0.203 e. The zero-order chi connectivity index (χ0) is 13.4. The number of pyridine rings is 1. The van der Waals surface area contributed by atoms with Crippen LogP contribution in [0.3, 0.4) is 0 Å². The van der Waals surface area contributed by atoms with E-state index in [0.29, 0.717) is 29.0 Å². The average molecular weight is 257 g/mol. The predicted octanol–water partition coefficient (Wildman–Crippen LogP) is 1.97. The van der Waals surface area contributed by atoms with Crippen molar-refractivity contribution in [3.8, 4) is 0 Å². The van der Waals surface area contributed by atoms with Gasteiger partial charge in [-0.1, -0.05) is 12.1 Å². The van der Waals surface area contributed by atoms with E-state index in [-0.39, 0.29) is 5.82 Å². The molecule has 0 bridgehead atoms. The fourth-order valence-electron chi connectivity index (χ4n) is 2.09. The monoisotopic (exact) mass is 257 g/mol. The minimum Gasteiger partial charge on any atom is -0.384 e. The second-order valence-electron chi connectivity index (χ2n) is 4.46. The zero-order valence-electron chi connectivity index (χ0n) is 10.3. The van der Waals surface area contributed by atoms with E-state index in [1.807, 2.05) is 6.07 Å². The van der Waals surface area contributed by atoms with Gasteiger partial charge in [-0.2, -0.15) is 10.3 Å². The van der Waals surface area contributed by atoms with E-state index in [1.54, 1.807) is 19.1 Å². The molecule has 0 atom stereocenters. The molecular weight excluding hydrogens is 245 g/mol. The Labute approximate surface area is 108 Å². The molecule has 6 heteroatoms. The first-order valence-electron chi connectivity index (χ1n) is 5.84. The van der Waals surface area contributed by atoms with Crippen molar-refractivity contribution in [2.24, 2.45) is 0 Å². The first-order chi connectivity index (χ1) is 9.13. The van der Waals surface area contributed by atoms with Crippen molar-refractivity contribution in [3.05, 3.63) is 46.8 Å². The highest BCUT2D eigenvalue weighted by molar-refractivity contribution is 5.76. The summed E-state index contributed by atoms with van der Waals surface area (Å²) in [7, 11) is 0. The van der Waals surface area contributed by atoms with Crippen LogP contribution >= 0.6 is 0 Å². The molecule has 0 saturated heterocycles. The molecule has 3 N–H and O–H groups in total. The van der Waals surface area contributed by atoms with E-state index >= 15 is 0 Å². The normalized spacial score (nSPS) is 11.1. The summed E-state index contributed by atoms with van der Waals surface area (Å²) in [6.45, 7) is 1.74.